The molecular weight excluding hydrogens is 240 g/mol. The number of aliphatic carboxylic acids is 1. The quantitative estimate of drug-likeness (QED) is 0.618. The van der Waals surface area contributed by atoms with E-state index in [0.29, 0.717) is 0 Å². The minimum absolute atomic E-state index is 0.0762. The van der Waals surface area contributed by atoms with Crippen molar-refractivity contribution in [3.8, 4) is 0 Å². The zero-order valence-electron chi connectivity index (χ0n) is 10.5. The molecule has 0 N–H and O–H groups in total. The van der Waals surface area contributed by atoms with Gasteiger partial charge in [0.05, 0.1) is 23.1 Å². The molecule has 2 rings (SSSR count). The largest absolute Gasteiger partial charge is 0.543 e. The first-order chi connectivity index (χ1) is 9.18. The summed E-state index contributed by atoms with van der Waals surface area (Å²) in [7, 11) is 0. The van der Waals surface area contributed by atoms with Crippen molar-refractivity contribution >= 4 is 23.1 Å². The molecule has 0 amide bonds. The number of hydrogen-bond acceptors (Lipinski definition) is 4. The third kappa shape index (κ3) is 3.19. The molecule has 2 aromatic carbocycles. The Bertz CT molecular complexity index is 540. The van der Waals surface area contributed by atoms with Crippen LogP contribution in [0.5, 0.6) is 0 Å². The minimum atomic E-state index is -1.28. The third-order valence-corrected chi connectivity index (χ3v) is 2.55. The summed E-state index contributed by atoms with van der Waals surface area (Å²) in [6.07, 6.45) is 0. The number of carboxylic acids is 1. The van der Waals surface area contributed by atoms with Gasteiger partial charge >= 0.3 is 0 Å². The zero-order chi connectivity index (χ0) is 13.7. The molecule has 19 heavy (non-hydrogen) atoms. The van der Waals surface area contributed by atoms with Gasteiger partial charge in [-0.05, 0) is 31.2 Å². The molecule has 0 spiro atoms. The molecule has 0 aliphatic rings. The first-order valence-corrected chi connectivity index (χ1v) is 5.85. The lowest BCUT2D eigenvalue weighted by molar-refractivity contribution is -0.294. The van der Waals surface area contributed by atoms with Crippen LogP contribution in [0, 0.1) is 0 Å². The number of nitrogens with zero attached hydrogens (tertiary/aromatic N) is 2. The summed E-state index contributed by atoms with van der Waals surface area (Å²) < 4.78 is 0. The molecule has 0 aromatic heterocycles. The predicted molar refractivity (Wildman–Crippen MR) is 73.1 cm³/mol. The standard InChI is InChI=1S/C15H14N2O2/c1-12(15(18)19)16-17(13-8-4-2-5-9-13)14-10-6-3-7-11-14/h2-11H,1H3,(H,18,19)/p-1. The van der Waals surface area contributed by atoms with E-state index in [1.54, 1.807) is 5.01 Å². The van der Waals surface area contributed by atoms with Gasteiger partial charge in [-0.2, -0.15) is 5.10 Å². The molecule has 0 aliphatic heterocycles. The fourth-order valence-electron chi connectivity index (χ4n) is 1.59. The number of anilines is 2. The monoisotopic (exact) mass is 253 g/mol. The van der Waals surface area contributed by atoms with E-state index in [2.05, 4.69) is 5.10 Å². The summed E-state index contributed by atoms with van der Waals surface area (Å²) in [5.41, 5.74) is 1.50. The molecule has 4 heteroatoms. The number of hydrazone groups is 1. The summed E-state index contributed by atoms with van der Waals surface area (Å²) in [6, 6.07) is 18.7. The van der Waals surface area contributed by atoms with Crippen LogP contribution >= 0.6 is 0 Å². The number of rotatable bonds is 4. The maximum Gasteiger partial charge on any atom is 0.0873 e. The van der Waals surface area contributed by atoms with Gasteiger partial charge in [-0.3, -0.25) is 0 Å². The normalized spacial score (nSPS) is 11.1. The average molecular weight is 253 g/mol. The van der Waals surface area contributed by atoms with Crippen molar-refractivity contribution in [2.75, 3.05) is 5.01 Å². The number of hydrogen-bond donors (Lipinski definition) is 0. The molecule has 0 saturated heterocycles. The molecule has 0 unspecified atom stereocenters. The second kappa shape index (κ2) is 5.82. The highest BCUT2D eigenvalue weighted by Crippen LogP contribution is 2.25. The van der Waals surface area contributed by atoms with E-state index in [-0.39, 0.29) is 5.71 Å². The minimum Gasteiger partial charge on any atom is -0.543 e. The Morgan fingerprint density at radius 2 is 1.37 bits per heavy atom. The van der Waals surface area contributed by atoms with E-state index in [1.165, 1.54) is 6.92 Å². The Hall–Kier alpha value is -2.62. The van der Waals surface area contributed by atoms with Gasteiger partial charge in [0.2, 0.25) is 0 Å². The van der Waals surface area contributed by atoms with Crippen LogP contribution in [0.15, 0.2) is 65.8 Å². The molecule has 0 fully saturated rings. The van der Waals surface area contributed by atoms with Crippen molar-refractivity contribution in [2.45, 2.75) is 6.92 Å². The molecule has 96 valence electrons. The first kappa shape index (κ1) is 12.8. The first-order valence-electron chi connectivity index (χ1n) is 5.85. The highest BCUT2D eigenvalue weighted by molar-refractivity contribution is 6.33. The molecule has 4 nitrogen and oxygen atoms in total. The van der Waals surface area contributed by atoms with Gasteiger partial charge in [0.25, 0.3) is 0 Å². The van der Waals surface area contributed by atoms with Gasteiger partial charge in [-0.15, -0.1) is 0 Å². The Kier molecular flexibility index (Phi) is 3.93. The Morgan fingerprint density at radius 3 is 1.74 bits per heavy atom. The number of carboxylic acid groups (broad SMARTS) is 1. The Labute approximate surface area is 111 Å². The van der Waals surface area contributed by atoms with Crippen LogP contribution in [0.25, 0.3) is 0 Å². The van der Waals surface area contributed by atoms with Crippen LogP contribution in [0.3, 0.4) is 0 Å². The summed E-state index contributed by atoms with van der Waals surface area (Å²) in [6.45, 7) is 1.41. The summed E-state index contributed by atoms with van der Waals surface area (Å²) in [4.78, 5) is 10.8. The lowest BCUT2D eigenvalue weighted by Crippen LogP contribution is -2.31. The van der Waals surface area contributed by atoms with Gasteiger partial charge in [-0.25, -0.2) is 5.01 Å². The van der Waals surface area contributed by atoms with Crippen molar-refractivity contribution in [3.05, 3.63) is 60.7 Å². The maximum absolute atomic E-state index is 10.8. The smallest absolute Gasteiger partial charge is 0.0873 e. The summed E-state index contributed by atoms with van der Waals surface area (Å²) in [5, 5.41) is 16.5. The van der Waals surface area contributed by atoms with Gasteiger partial charge in [0.1, 0.15) is 0 Å². The van der Waals surface area contributed by atoms with E-state index >= 15 is 0 Å². The van der Waals surface area contributed by atoms with Gasteiger partial charge in [-0.1, -0.05) is 36.4 Å². The van der Waals surface area contributed by atoms with Crippen LogP contribution < -0.4 is 10.1 Å². The van der Waals surface area contributed by atoms with Crippen LogP contribution in [-0.4, -0.2) is 11.7 Å². The highest BCUT2D eigenvalue weighted by atomic mass is 16.4. The molecule has 0 bridgehead atoms. The van der Waals surface area contributed by atoms with Crippen LogP contribution in [-0.2, 0) is 4.79 Å². The van der Waals surface area contributed by atoms with E-state index in [0.717, 1.165) is 11.4 Å². The Balaban J connectivity index is 2.46. The zero-order valence-corrected chi connectivity index (χ0v) is 10.5. The number of carbonyl (C=O) groups excluding carboxylic acids is 1. The van der Waals surface area contributed by atoms with Gasteiger partial charge in [0.15, 0.2) is 0 Å². The van der Waals surface area contributed by atoms with Crippen molar-refractivity contribution in [2.24, 2.45) is 5.10 Å². The molecule has 0 radical (unpaired) electrons. The predicted octanol–water partition coefficient (Wildman–Crippen LogP) is 1.95. The van der Waals surface area contributed by atoms with E-state index in [9.17, 15) is 9.90 Å². The average Bonchev–Trinajstić information content (AvgIpc) is 2.46. The molecular formula is C15H13N2O2-. The highest BCUT2D eigenvalue weighted by Gasteiger charge is 2.08. The van der Waals surface area contributed by atoms with Gasteiger partial charge < -0.3 is 9.90 Å². The van der Waals surface area contributed by atoms with Crippen LogP contribution in [0.4, 0.5) is 11.4 Å². The number of benzene rings is 2. The van der Waals surface area contributed by atoms with Crippen molar-refractivity contribution in [1.29, 1.82) is 0 Å². The van der Waals surface area contributed by atoms with Crippen molar-refractivity contribution in [1.82, 2.24) is 0 Å². The second-order valence-corrected chi connectivity index (χ2v) is 3.96. The van der Waals surface area contributed by atoms with E-state index in [4.69, 9.17) is 0 Å². The lowest BCUT2D eigenvalue weighted by Gasteiger charge is -2.20. The fraction of sp³-hybridized carbons (Fsp3) is 0.0667. The van der Waals surface area contributed by atoms with Crippen LogP contribution in [0.1, 0.15) is 6.92 Å². The second-order valence-electron chi connectivity index (χ2n) is 3.96. The van der Waals surface area contributed by atoms with Gasteiger partial charge in [0, 0.05) is 0 Å². The number of carbonyl (C=O) groups is 1. The molecule has 2 aromatic rings. The van der Waals surface area contributed by atoms with E-state index in [1.807, 2.05) is 60.7 Å². The molecule has 0 aliphatic carbocycles. The fourth-order valence-corrected chi connectivity index (χ4v) is 1.59. The lowest BCUT2D eigenvalue weighted by atomic mass is 10.2. The van der Waals surface area contributed by atoms with Crippen molar-refractivity contribution in [3.63, 3.8) is 0 Å². The van der Waals surface area contributed by atoms with Crippen LogP contribution in [0.2, 0.25) is 0 Å². The summed E-state index contributed by atoms with van der Waals surface area (Å²) in [5.74, 6) is -1.28. The van der Waals surface area contributed by atoms with E-state index < -0.39 is 5.97 Å². The topological polar surface area (TPSA) is 55.7 Å². The molecule has 0 saturated carbocycles. The Morgan fingerprint density at radius 1 is 0.947 bits per heavy atom. The number of para-hydroxylation sites is 2. The summed E-state index contributed by atoms with van der Waals surface area (Å²) >= 11 is 0. The van der Waals surface area contributed by atoms with Crippen molar-refractivity contribution < 1.29 is 9.90 Å². The SMILES string of the molecule is CC(=NN(c1ccccc1)c1ccccc1)C(=O)[O-]. The molecule has 0 atom stereocenters. The molecule has 0 heterocycles. The third-order valence-electron chi connectivity index (χ3n) is 2.55. The maximum atomic E-state index is 10.8.